The van der Waals surface area contributed by atoms with Crippen molar-refractivity contribution in [2.75, 3.05) is 18.5 Å². The smallest absolute Gasteiger partial charge is 0.243 e. The molecule has 0 atom stereocenters. The Morgan fingerprint density at radius 2 is 1.83 bits per heavy atom. The second-order valence-corrected chi connectivity index (χ2v) is 5.69. The fourth-order valence-corrected chi connectivity index (χ4v) is 2.58. The molecule has 0 aliphatic carbocycles. The maximum Gasteiger partial charge on any atom is 0.243 e. The number of benzene rings is 1. The van der Waals surface area contributed by atoms with E-state index in [1.165, 1.54) is 0 Å². The van der Waals surface area contributed by atoms with Gasteiger partial charge < -0.3 is 14.8 Å². The van der Waals surface area contributed by atoms with E-state index >= 15 is 0 Å². The number of ether oxygens (including phenoxy) is 2. The van der Waals surface area contributed by atoms with Gasteiger partial charge in [0.05, 0.1) is 13.2 Å². The van der Waals surface area contributed by atoms with Gasteiger partial charge in [0.2, 0.25) is 5.95 Å². The highest BCUT2D eigenvalue weighted by Gasteiger charge is 2.12. The van der Waals surface area contributed by atoms with E-state index in [0.717, 1.165) is 34.5 Å². The summed E-state index contributed by atoms with van der Waals surface area (Å²) in [4.78, 5) is 0. The van der Waals surface area contributed by atoms with Gasteiger partial charge in [-0.3, -0.25) is 0 Å². The predicted octanol–water partition coefficient (Wildman–Crippen LogP) is 3.26. The second-order valence-electron chi connectivity index (χ2n) is 4.84. The molecule has 2 rings (SSSR count). The molecule has 7 nitrogen and oxygen atoms in total. The summed E-state index contributed by atoms with van der Waals surface area (Å²) in [6, 6.07) is 3.90. The summed E-state index contributed by atoms with van der Waals surface area (Å²) < 4.78 is 14.0. The van der Waals surface area contributed by atoms with E-state index in [0.29, 0.717) is 25.7 Å². The molecule has 0 saturated carbocycles. The van der Waals surface area contributed by atoms with Crippen molar-refractivity contribution in [3.63, 3.8) is 0 Å². The fourth-order valence-electron chi connectivity index (χ4n) is 2.12. The lowest BCUT2D eigenvalue weighted by atomic mass is 10.2. The summed E-state index contributed by atoms with van der Waals surface area (Å²) in [5.74, 6) is 2.13. The summed E-state index contributed by atoms with van der Waals surface area (Å²) >= 11 is 3.58. The number of halogens is 1. The molecule has 0 saturated heterocycles. The zero-order valence-corrected chi connectivity index (χ0v) is 15.3. The van der Waals surface area contributed by atoms with Crippen LogP contribution in [0.25, 0.3) is 0 Å². The quantitative estimate of drug-likeness (QED) is 0.716. The van der Waals surface area contributed by atoms with Crippen molar-refractivity contribution < 1.29 is 9.47 Å². The molecule has 2 aromatic rings. The molecular weight excluding hydrogens is 362 g/mol. The Hall–Kier alpha value is -1.83. The third-order valence-corrected chi connectivity index (χ3v) is 3.85. The average Bonchev–Trinajstić information content (AvgIpc) is 2.97. The zero-order valence-electron chi connectivity index (χ0n) is 13.7. The molecule has 0 aliphatic rings. The monoisotopic (exact) mass is 383 g/mol. The van der Waals surface area contributed by atoms with E-state index in [1.54, 1.807) is 4.68 Å². The Kier molecular flexibility index (Phi) is 6.64. The van der Waals surface area contributed by atoms with Gasteiger partial charge >= 0.3 is 0 Å². The number of nitrogens with one attached hydrogen (secondary N) is 1. The first kappa shape index (κ1) is 17.5. The van der Waals surface area contributed by atoms with E-state index in [1.807, 2.05) is 26.0 Å². The standard InChI is InChI=1S/C15H22BrN5O2/c1-4-7-21-15(18-19-20-21)17-10-11-8-13(22-5-2)14(23-6-3)9-12(11)16/h8-9H,4-7,10H2,1-3H3,(H,17,18,20). The summed E-state index contributed by atoms with van der Waals surface area (Å²) in [6.07, 6.45) is 0.973. The lowest BCUT2D eigenvalue weighted by molar-refractivity contribution is 0.287. The zero-order chi connectivity index (χ0) is 16.7. The molecule has 1 aromatic carbocycles. The van der Waals surface area contributed by atoms with Crippen molar-refractivity contribution in [2.45, 2.75) is 40.3 Å². The number of nitrogens with zero attached hydrogens (tertiary/aromatic N) is 4. The maximum atomic E-state index is 5.67. The molecule has 0 spiro atoms. The van der Waals surface area contributed by atoms with Gasteiger partial charge in [0.25, 0.3) is 0 Å². The minimum Gasteiger partial charge on any atom is -0.490 e. The number of anilines is 1. The van der Waals surface area contributed by atoms with Crippen LogP contribution in [0.4, 0.5) is 5.95 Å². The SMILES string of the molecule is CCCn1nnnc1NCc1cc(OCC)c(OCC)cc1Br. The summed E-state index contributed by atoms with van der Waals surface area (Å²) in [5, 5.41) is 14.9. The highest BCUT2D eigenvalue weighted by Crippen LogP contribution is 2.34. The molecule has 1 aromatic heterocycles. The highest BCUT2D eigenvalue weighted by molar-refractivity contribution is 9.10. The minimum atomic E-state index is 0.581. The Labute approximate surface area is 144 Å². The third kappa shape index (κ3) is 4.57. The molecule has 8 heteroatoms. The molecule has 0 amide bonds. The first-order valence-electron chi connectivity index (χ1n) is 7.77. The highest BCUT2D eigenvalue weighted by atomic mass is 79.9. The number of rotatable bonds is 9. The van der Waals surface area contributed by atoms with Crippen molar-refractivity contribution >= 4 is 21.9 Å². The van der Waals surface area contributed by atoms with Crippen molar-refractivity contribution in [1.82, 2.24) is 20.2 Å². The van der Waals surface area contributed by atoms with Gasteiger partial charge in [-0.15, -0.1) is 0 Å². The number of aromatic nitrogens is 4. The number of tetrazole rings is 1. The number of hydrogen-bond acceptors (Lipinski definition) is 6. The first-order chi connectivity index (χ1) is 11.2. The van der Waals surface area contributed by atoms with Crippen molar-refractivity contribution in [3.05, 3.63) is 22.2 Å². The molecule has 1 heterocycles. The van der Waals surface area contributed by atoms with Gasteiger partial charge in [0, 0.05) is 17.6 Å². The third-order valence-electron chi connectivity index (χ3n) is 3.12. The van der Waals surface area contributed by atoms with Crippen LogP contribution in [0, 0.1) is 0 Å². The van der Waals surface area contributed by atoms with Crippen LogP contribution in [0.2, 0.25) is 0 Å². The van der Waals surface area contributed by atoms with Crippen LogP contribution in [-0.4, -0.2) is 33.4 Å². The molecule has 126 valence electrons. The van der Waals surface area contributed by atoms with Crippen LogP contribution in [0.3, 0.4) is 0 Å². The minimum absolute atomic E-state index is 0.581. The number of aryl methyl sites for hydroxylation is 1. The van der Waals surface area contributed by atoms with E-state index in [4.69, 9.17) is 9.47 Å². The van der Waals surface area contributed by atoms with Gasteiger partial charge in [-0.1, -0.05) is 28.0 Å². The summed E-state index contributed by atoms with van der Waals surface area (Å²) in [5.41, 5.74) is 1.04. The van der Waals surface area contributed by atoms with E-state index in [9.17, 15) is 0 Å². The topological polar surface area (TPSA) is 74.1 Å². The van der Waals surface area contributed by atoms with Crippen LogP contribution >= 0.6 is 15.9 Å². The second kappa shape index (κ2) is 8.71. The Bertz CT molecular complexity index is 632. The van der Waals surface area contributed by atoms with Gasteiger partial charge in [-0.05, 0) is 48.4 Å². The van der Waals surface area contributed by atoms with Crippen molar-refractivity contribution in [1.29, 1.82) is 0 Å². The molecule has 0 radical (unpaired) electrons. The van der Waals surface area contributed by atoms with Crippen molar-refractivity contribution in [2.24, 2.45) is 0 Å². The van der Waals surface area contributed by atoms with Crippen LogP contribution in [-0.2, 0) is 13.1 Å². The largest absolute Gasteiger partial charge is 0.490 e. The van der Waals surface area contributed by atoms with Crippen LogP contribution < -0.4 is 14.8 Å². The van der Waals surface area contributed by atoms with Gasteiger partial charge in [-0.2, -0.15) is 0 Å². The molecule has 23 heavy (non-hydrogen) atoms. The summed E-state index contributed by atoms with van der Waals surface area (Å²) in [7, 11) is 0. The molecule has 0 fully saturated rings. The Balaban J connectivity index is 2.15. The van der Waals surface area contributed by atoms with Crippen molar-refractivity contribution in [3.8, 4) is 11.5 Å². The molecule has 1 N–H and O–H groups in total. The summed E-state index contributed by atoms with van der Waals surface area (Å²) in [6.45, 7) is 8.53. The van der Waals surface area contributed by atoms with Gasteiger partial charge in [0.15, 0.2) is 11.5 Å². The maximum absolute atomic E-state index is 5.67. The van der Waals surface area contributed by atoms with Crippen LogP contribution in [0.5, 0.6) is 11.5 Å². The van der Waals surface area contributed by atoms with E-state index in [-0.39, 0.29) is 0 Å². The molecule has 0 bridgehead atoms. The van der Waals surface area contributed by atoms with E-state index in [2.05, 4.69) is 43.7 Å². The molecule has 0 aliphatic heterocycles. The van der Waals surface area contributed by atoms with Crippen LogP contribution in [0.1, 0.15) is 32.8 Å². The lowest BCUT2D eigenvalue weighted by Crippen LogP contribution is -2.09. The fraction of sp³-hybridized carbons (Fsp3) is 0.533. The van der Waals surface area contributed by atoms with Gasteiger partial charge in [-0.25, -0.2) is 4.68 Å². The van der Waals surface area contributed by atoms with Crippen LogP contribution in [0.15, 0.2) is 16.6 Å². The normalized spacial score (nSPS) is 10.6. The Morgan fingerprint density at radius 1 is 1.13 bits per heavy atom. The first-order valence-corrected chi connectivity index (χ1v) is 8.56. The molecule has 0 unspecified atom stereocenters. The molecular formula is C15H22BrN5O2. The Morgan fingerprint density at radius 3 is 2.48 bits per heavy atom. The number of hydrogen-bond donors (Lipinski definition) is 1. The predicted molar refractivity (Wildman–Crippen MR) is 91.9 cm³/mol. The van der Waals surface area contributed by atoms with E-state index < -0.39 is 0 Å². The lowest BCUT2D eigenvalue weighted by Gasteiger charge is -2.14. The average molecular weight is 384 g/mol. The van der Waals surface area contributed by atoms with Gasteiger partial charge in [0.1, 0.15) is 0 Å².